The average molecular weight is 580 g/mol. The number of methoxy groups -OCH3 is 1. The maximum absolute atomic E-state index is 12.7. The molecule has 0 bridgehead atoms. The van der Waals surface area contributed by atoms with Crippen molar-refractivity contribution in [3.05, 3.63) is 95.7 Å². The van der Waals surface area contributed by atoms with Crippen molar-refractivity contribution in [1.82, 2.24) is 4.90 Å². The summed E-state index contributed by atoms with van der Waals surface area (Å²) in [5, 5.41) is 15.0. The fourth-order valence-electron chi connectivity index (χ4n) is 5.00. The van der Waals surface area contributed by atoms with Crippen molar-refractivity contribution >= 4 is 32.6 Å². The molecule has 3 rings (SSSR count). The van der Waals surface area contributed by atoms with Crippen LogP contribution in [0.25, 0.3) is 10.8 Å². The standard InChI is InChI=1S/C33H43BrN2O2/c1-6-11-29(21-20-28(34)7-2)35-32(38-5)24-27(19-18-25-16-17-25)33(37,22-23-36(3)4)31-15-10-13-26-12-8-9-14-30(26)31/h6-10,12-15,20-21,25,27,37H,1-2,11,16-19,22-24H2,3-5H3/b28-20+,29-21+,35-32?. The summed E-state index contributed by atoms with van der Waals surface area (Å²) in [5.74, 6) is 1.35. The topological polar surface area (TPSA) is 45.1 Å². The van der Waals surface area contributed by atoms with Gasteiger partial charge in [-0.3, -0.25) is 0 Å². The van der Waals surface area contributed by atoms with Crippen molar-refractivity contribution in [2.24, 2.45) is 16.8 Å². The molecule has 0 heterocycles. The minimum Gasteiger partial charge on any atom is -0.484 e. The lowest BCUT2D eigenvalue weighted by Crippen LogP contribution is -2.39. The van der Waals surface area contributed by atoms with Gasteiger partial charge in [0.15, 0.2) is 5.90 Å². The molecule has 1 aliphatic rings. The Bertz CT molecular complexity index is 1170. The smallest absolute Gasteiger partial charge is 0.188 e. The predicted octanol–water partition coefficient (Wildman–Crippen LogP) is 8.15. The van der Waals surface area contributed by atoms with E-state index >= 15 is 0 Å². The lowest BCUT2D eigenvalue weighted by Gasteiger charge is -2.39. The molecule has 204 valence electrons. The van der Waals surface area contributed by atoms with E-state index < -0.39 is 5.60 Å². The molecule has 0 aromatic heterocycles. The molecule has 2 aromatic carbocycles. The molecule has 1 N–H and O–H groups in total. The number of benzene rings is 2. The first-order valence-corrected chi connectivity index (χ1v) is 14.4. The van der Waals surface area contributed by atoms with Gasteiger partial charge >= 0.3 is 0 Å². The van der Waals surface area contributed by atoms with Gasteiger partial charge in [-0.2, -0.15) is 0 Å². The minimum absolute atomic E-state index is 0.0482. The van der Waals surface area contributed by atoms with E-state index in [1.807, 2.05) is 18.2 Å². The van der Waals surface area contributed by atoms with Gasteiger partial charge in [0.1, 0.15) is 0 Å². The number of nitrogens with zero attached hydrogens (tertiary/aromatic N) is 2. The van der Waals surface area contributed by atoms with Crippen LogP contribution < -0.4 is 0 Å². The molecule has 0 spiro atoms. The number of aliphatic hydroxyl groups is 1. The SMILES string of the molecule is C=CC/C(=C\C=C(\Br)C=C)N=C(CC(CCC1CC1)C(O)(CCN(C)C)c1cccc2ccccc12)OC. The second-order valence-electron chi connectivity index (χ2n) is 10.5. The fourth-order valence-corrected chi connectivity index (χ4v) is 5.13. The fraction of sp³-hybridized carbons (Fsp3) is 0.424. The number of hydrogen-bond donors (Lipinski definition) is 1. The first-order chi connectivity index (χ1) is 18.3. The maximum Gasteiger partial charge on any atom is 0.188 e. The minimum atomic E-state index is -1.03. The van der Waals surface area contributed by atoms with Crippen molar-refractivity contribution in [2.75, 3.05) is 27.7 Å². The first kappa shape index (κ1) is 30.1. The van der Waals surface area contributed by atoms with E-state index in [-0.39, 0.29) is 5.92 Å². The largest absolute Gasteiger partial charge is 0.484 e. The number of fused-ring (bicyclic) bond motifs is 1. The number of halogens is 1. The molecular weight excluding hydrogens is 536 g/mol. The Labute approximate surface area is 237 Å². The van der Waals surface area contributed by atoms with E-state index in [0.29, 0.717) is 25.2 Å². The normalized spacial score (nSPS) is 17.4. The van der Waals surface area contributed by atoms with E-state index in [2.05, 4.69) is 90.5 Å². The van der Waals surface area contributed by atoms with Crippen molar-refractivity contribution in [2.45, 2.75) is 50.5 Å². The van der Waals surface area contributed by atoms with Gasteiger partial charge in [0, 0.05) is 35.5 Å². The van der Waals surface area contributed by atoms with Gasteiger partial charge in [-0.05, 0) is 61.3 Å². The third kappa shape index (κ3) is 8.52. The molecule has 1 saturated carbocycles. The molecule has 0 radical (unpaired) electrons. The molecule has 2 unspecified atom stereocenters. The summed E-state index contributed by atoms with van der Waals surface area (Å²) in [6, 6.07) is 14.6. The highest BCUT2D eigenvalue weighted by molar-refractivity contribution is 9.11. The highest BCUT2D eigenvalue weighted by atomic mass is 79.9. The number of allylic oxidation sites excluding steroid dienone is 5. The van der Waals surface area contributed by atoms with Gasteiger partial charge in [0.25, 0.3) is 0 Å². The quantitative estimate of drug-likeness (QED) is 0.100. The molecule has 1 fully saturated rings. The van der Waals surface area contributed by atoms with Crippen molar-refractivity contribution < 1.29 is 9.84 Å². The van der Waals surface area contributed by atoms with Crippen LogP contribution in [-0.2, 0) is 10.3 Å². The van der Waals surface area contributed by atoms with Gasteiger partial charge in [-0.1, -0.05) is 96.4 Å². The average Bonchev–Trinajstić information content (AvgIpc) is 3.76. The molecule has 2 atom stereocenters. The van der Waals surface area contributed by atoms with Crippen LogP contribution in [-0.4, -0.2) is 43.7 Å². The predicted molar refractivity (Wildman–Crippen MR) is 166 cm³/mol. The molecule has 5 heteroatoms. The molecule has 0 saturated heterocycles. The van der Waals surface area contributed by atoms with E-state index in [1.54, 1.807) is 13.2 Å². The number of ether oxygens (including phenoxy) is 1. The Morgan fingerprint density at radius 3 is 2.58 bits per heavy atom. The van der Waals surface area contributed by atoms with Gasteiger partial charge in [0.05, 0.1) is 12.7 Å². The summed E-state index contributed by atoms with van der Waals surface area (Å²) in [7, 11) is 5.80. The van der Waals surface area contributed by atoms with E-state index in [9.17, 15) is 5.11 Å². The molecule has 0 amide bonds. The summed E-state index contributed by atoms with van der Waals surface area (Å²) >= 11 is 3.48. The van der Waals surface area contributed by atoms with Crippen molar-refractivity contribution in [3.63, 3.8) is 0 Å². The molecule has 2 aromatic rings. The molecule has 4 nitrogen and oxygen atoms in total. The van der Waals surface area contributed by atoms with Crippen LogP contribution in [0.4, 0.5) is 0 Å². The molecule has 1 aliphatic carbocycles. The van der Waals surface area contributed by atoms with E-state index in [1.165, 1.54) is 12.8 Å². The van der Waals surface area contributed by atoms with Crippen LogP contribution in [0.1, 0.15) is 50.5 Å². The third-order valence-electron chi connectivity index (χ3n) is 7.40. The number of aliphatic imine (C=N–C) groups is 1. The van der Waals surface area contributed by atoms with Crippen LogP contribution in [0.3, 0.4) is 0 Å². The Balaban J connectivity index is 2.07. The number of rotatable bonds is 15. The lowest BCUT2D eigenvalue weighted by atomic mass is 9.73. The summed E-state index contributed by atoms with van der Waals surface area (Å²) in [4.78, 5) is 7.05. The summed E-state index contributed by atoms with van der Waals surface area (Å²) in [6.45, 7) is 8.47. The summed E-state index contributed by atoms with van der Waals surface area (Å²) in [5.41, 5.74) is 0.805. The second-order valence-corrected chi connectivity index (χ2v) is 11.5. The molecule has 0 aliphatic heterocycles. The monoisotopic (exact) mass is 578 g/mol. The van der Waals surface area contributed by atoms with Crippen LogP contribution in [0.5, 0.6) is 0 Å². The van der Waals surface area contributed by atoms with Gasteiger partial charge in [0.2, 0.25) is 0 Å². The second kappa shape index (κ2) is 14.6. The van der Waals surface area contributed by atoms with Gasteiger partial charge < -0.3 is 14.7 Å². The summed E-state index contributed by atoms with van der Waals surface area (Å²) in [6.07, 6.45) is 13.9. The Kier molecular flexibility index (Phi) is 11.6. The Hall–Kier alpha value is -2.47. The zero-order chi connectivity index (χ0) is 27.5. The van der Waals surface area contributed by atoms with Crippen LogP contribution in [0.15, 0.2) is 95.1 Å². The summed E-state index contributed by atoms with van der Waals surface area (Å²) < 4.78 is 6.74. The Morgan fingerprint density at radius 2 is 1.92 bits per heavy atom. The highest BCUT2D eigenvalue weighted by Crippen LogP contribution is 2.44. The highest BCUT2D eigenvalue weighted by Gasteiger charge is 2.41. The van der Waals surface area contributed by atoms with Gasteiger partial charge in [-0.25, -0.2) is 4.99 Å². The lowest BCUT2D eigenvalue weighted by molar-refractivity contribution is -0.0386. The zero-order valence-electron chi connectivity index (χ0n) is 23.2. The number of hydrogen-bond acceptors (Lipinski definition) is 4. The van der Waals surface area contributed by atoms with Crippen LogP contribution >= 0.6 is 15.9 Å². The van der Waals surface area contributed by atoms with Crippen LogP contribution in [0, 0.1) is 11.8 Å². The first-order valence-electron chi connectivity index (χ1n) is 13.6. The van der Waals surface area contributed by atoms with E-state index in [0.717, 1.165) is 51.8 Å². The van der Waals surface area contributed by atoms with Gasteiger partial charge in [-0.15, -0.1) is 6.58 Å². The van der Waals surface area contributed by atoms with Crippen LogP contribution in [0.2, 0.25) is 0 Å². The molecular formula is C33H43BrN2O2. The van der Waals surface area contributed by atoms with Crippen molar-refractivity contribution in [1.29, 1.82) is 0 Å². The van der Waals surface area contributed by atoms with Crippen molar-refractivity contribution in [3.8, 4) is 0 Å². The Morgan fingerprint density at radius 1 is 1.18 bits per heavy atom. The molecule has 38 heavy (non-hydrogen) atoms. The zero-order valence-corrected chi connectivity index (χ0v) is 24.8. The third-order valence-corrected chi connectivity index (χ3v) is 7.99. The maximum atomic E-state index is 12.7. The van der Waals surface area contributed by atoms with E-state index in [4.69, 9.17) is 9.73 Å².